The highest BCUT2D eigenvalue weighted by atomic mass is 35.5. The number of benzene rings is 1. The normalized spacial score (nSPS) is 10.9. The molecule has 0 fully saturated rings. The molecule has 7 heteroatoms. The van der Waals surface area contributed by atoms with Crippen molar-refractivity contribution in [3.8, 4) is 6.07 Å². The SMILES string of the molecule is C=C(Cl)CNS(=O)(=O)c1ccc(C#N)cc1Cl. The highest BCUT2D eigenvalue weighted by molar-refractivity contribution is 7.89. The summed E-state index contributed by atoms with van der Waals surface area (Å²) in [4.78, 5) is -0.101. The van der Waals surface area contributed by atoms with Crippen LogP contribution >= 0.6 is 23.2 Å². The predicted octanol–water partition coefficient (Wildman–Crippen LogP) is 2.24. The topological polar surface area (TPSA) is 70.0 Å². The van der Waals surface area contributed by atoms with Gasteiger partial charge in [-0.05, 0) is 18.2 Å². The van der Waals surface area contributed by atoms with Crippen molar-refractivity contribution < 1.29 is 8.42 Å². The van der Waals surface area contributed by atoms with Gasteiger partial charge in [-0.3, -0.25) is 0 Å². The first kappa shape index (κ1) is 14.0. The van der Waals surface area contributed by atoms with Crippen LogP contribution < -0.4 is 4.72 Å². The second kappa shape index (κ2) is 5.52. The van der Waals surface area contributed by atoms with Crippen LogP contribution in [0.4, 0.5) is 0 Å². The average Bonchev–Trinajstić information content (AvgIpc) is 2.26. The fourth-order valence-electron chi connectivity index (χ4n) is 1.04. The zero-order valence-electron chi connectivity index (χ0n) is 8.57. The second-order valence-electron chi connectivity index (χ2n) is 3.10. The molecule has 17 heavy (non-hydrogen) atoms. The molecule has 0 radical (unpaired) electrons. The van der Waals surface area contributed by atoms with Crippen LogP contribution in [0.15, 0.2) is 34.7 Å². The molecule has 90 valence electrons. The minimum atomic E-state index is -3.75. The highest BCUT2D eigenvalue weighted by Crippen LogP contribution is 2.22. The Morgan fingerprint density at radius 2 is 2.18 bits per heavy atom. The van der Waals surface area contributed by atoms with Gasteiger partial charge in [-0.25, -0.2) is 13.1 Å². The van der Waals surface area contributed by atoms with Crippen LogP contribution in [0, 0.1) is 11.3 Å². The lowest BCUT2D eigenvalue weighted by Gasteiger charge is -2.07. The van der Waals surface area contributed by atoms with Crippen LogP contribution in [0.1, 0.15) is 5.56 Å². The summed E-state index contributed by atoms with van der Waals surface area (Å²) in [6, 6.07) is 5.78. The van der Waals surface area contributed by atoms with E-state index < -0.39 is 10.0 Å². The van der Waals surface area contributed by atoms with Crippen molar-refractivity contribution in [3.63, 3.8) is 0 Å². The van der Waals surface area contributed by atoms with E-state index in [1.165, 1.54) is 18.2 Å². The van der Waals surface area contributed by atoms with E-state index in [1.54, 1.807) is 0 Å². The number of nitrogens with zero attached hydrogens (tertiary/aromatic N) is 1. The van der Waals surface area contributed by atoms with E-state index in [0.29, 0.717) is 0 Å². The van der Waals surface area contributed by atoms with Crippen LogP contribution in [0.3, 0.4) is 0 Å². The summed E-state index contributed by atoms with van der Waals surface area (Å²) < 4.78 is 25.8. The molecule has 0 unspecified atom stereocenters. The molecule has 0 saturated heterocycles. The maximum Gasteiger partial charge on any atom is 0.242 e. The molecule has 0 amide bonds. The van der Waals surface area contributed by atoms with Crippen molar-refractivity contribution in [3.05, 3.63) is 40.4 Å². The number of sulfonamides is 1. The Bertz CT molecular complexity index is 591. The minimum absolute atomic E-state index is 0.0169. The zero-order valence-corrected chi connectivity index (χ0v) is 10.9. The van der Waals surface area contributed by atoms with Crippen molar-refractivity contribution in [1.82, 2.24) is 4.72 Å². The highest BCUT2D eigenvalue weighted by Gasteiger charge is 2.17. The van der Waals surface area contributed by atoms with Crippen molar-refractivity contribution >= 4 is 33.2 Å². The number of nitrogens with one attached hydrogen (secondary N) is 1. The monoisotopic (exact) mass is 290 g/mol. The average molecular weight is 291 g/mol. The Balaban J connectivity index is 3.08. The molecule has 4 nitrogen and oxygen atoms in total. The van der Waals surface area contributed by atoms with E-state index in [0.717, 1.165) is 0 Å². The van der Waals surface area contributed by atoms with E-state index in [2.05, 4.69) is 11.3 Å². The van der Waals surface area contributed by atoms with Gasteiger partial charge in [0, 0.05) is 11.6 Å². The molecule has 0 atom stereocenters. The second-order valence-corrected chi connectivity index (χ2v) is 5.78. The number of hydrogen-bond donors (Lipinski definition) is 1. The summed E-state index contributed by atoms with van der Waals surface area (Å²) in [5.41, 5.74) is 0.288. The predicted molar refractivity (Wildman–Crippen MR) is 66.3 cm³/mol. The van der Waals surface area contributed by atoms with Gasteiger partial charge < -0.3 is 0 Å². The Morgan fingerprint density at radius 1 is 1.53 bits per heavy atom. The van der Waals surface area contributed by atoms with E-state index in [9.17, 15) is 8.42 Å². The maximum absolute atomic E-state index is 11.8. The number of halogens is 2. The van der Waals surface area contributed by atoms with Crippen LogP contribution in [-0.2, 0) is 10.0 Å². The van der Waals surface area contributed by atoms with Crippen molar-refractivity contribution in [2.75, 3.05) is 6.54 Å². The summed E-state index contributed by atoms with van der Waals surface area (Å²) in [5, 5.41) is 8.78. The molecule has 0 bridgehead atoms. The van der Waals surface area contributed by atoms with Gasteiger partial charge in [0.15, 0.2) is 0 Å². The lowest BCUT2D eigenvalue weighted by atomic mass is 10.2. The summed E-state index contributed by atoms with van der Waals surface area (Å²) in [5.74, 6) is 0. The summed E-state index contributed by atoms with van der Waals surface area (Å²) in [6.45, 7) is 3.28. The Kier molecular flexibility index (Phi) is 4.54. The molecule has 0 aliphatic carbocycles. The molecule has 1 aromatic carbocycles. The third kappa shape index (κ3) is 3.72. The van der Waals surface area contributed by atoms with Gasteiger partial charge >= 0.3 is 0 Å². The van der Waals surface area contributed by atoms with Crippen molar-refractivity contribution in [2.45, 2.75) is 4.90 Å². The summed E-state index contributed by atoms with van der Waals surface area (Å²) in [6.07, 6.45) is 0. The Labute approximate surface area is 110 Å². The lowest BCUT2D eigenvalue weighted by molar-refractivity contribution is 0.585. The Hall–Kier alpha value is -1.06. The van der Waals surface area contributed by atoms with Crippen LogP contribution in [0.5, 0.6) is 0 Å². The summed E-state index contributed by atoms with van der Waals surface area (Å²) >= 11 is 11.2. The lowest BCUT2D eigenvalue weighted by Crippen LogP contribution is -2.25. The van der Waals surface area contributed by atoms with Gasteiger partial charge in [0.25, 0.3) is 0 Å². The van der Waals surface area contributed by atoms with E-state index in [-0.39, 0.29) is 27.1 Å². The Morgan fingerprint density at radius 3 is 2.65 bits per heavy atom. The first-order valence-corrected chi connectivity index (χ1v) is 6.63. The van der Waals surface area contributed by atoms with Gasteiger partial charge in [0.1, 0.15) is 4.90 Å². The number of rotatable bonds is 4. The molecule has 1 rings (SSSR count). The van der Waals surface area contributed by atoms with Gasteiger partial charge in [0.2, 0.25) is 10.0 Å². The first-order chi connectivity index (χ1) is 7.86. The molecule has 0 saturated carbocycles. The van der Waals surface area contributed by atoms with Gasteiger partial charge in [-0.15, -0.1) is 0 Å². The van der Waals surface area contributed by atoms with Crippen molar-refractivity contribution in [2.24, 2.45) is 0 Å². The smallest absolute Gasteiger partial charge is 0.207 e. The third-order valence-corrected chi connectivity index (χ3v) is 3.82. The molecular formula is C10H8Cl2N2O2S. The van der Waals surface area contributed by atoms with Crippen LogP contribution in [0.25, 0.3) is 0 Å². The number of hydrogen-bond acceptors (Lipinski definition) is 3. The molecule has 1 N–H and O–H groups in total. The fraction of sp³-hybridized carbons (Fsp3) is 0.100. The molecule has 0 spiro atoms. The van der Waals surface area contributed by atoms with E-state index in [4.69, 9.17) is 28.5 Å². The maximum atomic E-state index is 11.8. The molecule has 1 aromatic rings. The summed E-state index contributed by atoms with van der Waals surface area (Å²) in [7, 11) is -3.75. The zero-order chi connectivity index (χ0) is 13.1. The largest absolute Gasteiger partial charge is 0.242 e. The quantitative estimate of drug-likeness (QED) is 0.924. The van der Waals surface area contributed by atoms with Crippen LogP contribution in [-0.4, -0.2) is 15.0 Å². The van der Waals surface area contributed by atoms with Gasteiger partial charge in [-0.1, -0.05) is 29.8 Å². The molecule has 0 heterocycles. The minimum Gasteiger partial charge on any atom is -0.207 e. The fourth-order valence-corrected chi connectivity index (χ4v) is 2.75. The first-order valence-electron chi connectivity index (χ1n) is 4.39. The molecule has 0 aliphatic rings. The van der Waals surface area contributed by atoms with Gasteiger partial charge in [-0.2, -0.15) is 5.26 Å². The standard InChI is InChI=1S/C10H8Cl2N2O2S/c1-7(11)6-14-17(15,16)10-3-2-8(5-13)4-9(10)12/h2-4,14H,1,6H2. The molecule has 0 aliphatic heterocycles. The third-order valence-electron chi connectivity index (χ3n) is 1.80. The molecule has 0 aromatic heterocycles. The molecular weight excluding hydrogens is 283 g/mol. The van der Waals surface area contributed by atoms with Crippen molar-refractivity contribution in [1.29, 1.82) is 5.26 Å². The van der Waals surface area contributed by atoms with E-state index in [1.807, 2.05) is 6.07 Å². The van der Waals surface area contributed by atoms with E-state index >= 15 is 0 Å². The van der Waals surface area contributed by atoms with Crippen LogP contribution in [0.2, 0.25) is 5.02 Å². The number of nitriles is 1. The van der Waals surface area contributed by atoms with Gasteiger partial charge in [0.05, 0.1) is 16.7 Å².